The summed E-state index contributed by atoms with van der Waals surface area (Å²) in [5, 5.41) is 4.14. The Kier molecular flexibility index (Phi) is 5.38. The average Bonchev–Trinajstić information content (AvgIpc) is 3.42. The van der Waals surface area contributed by atoms with Crippen LogP contribution in [0.1, 0.15) is 0 Å². The topological polar surface area (TPSA) is 64.7 Å². The zero-order chi connectivity index (χ0) is 27.2. The molecule has 0 atom stereocenters. The lowest BCUT2D eigenvalue weighted by molar-refractivity contribution is 0.669. The van der Waals surface area contributed by atoms with Gasteiger partial charge in [0, 0.05) is 22.7 Å². The van der Waals surface area contributed by atoms with Gasteiger partial charge in [-0.1, -0.05) is 109 Å². The van der Waals surface area contributed by atoms with Crippen molar-refractivity contribution in [2.24, 2.45) is 0 Å². The van der Waals surface area contributed by atoms with Crippen molar-refractivity contribution in [3.05, 3.63) is 134 Å². The van der Waals surface area contributed by atoms with Gasteiger partial charge in [0.15, 0.2) is 17.5 Å². The van der Waals surface area contributed by atoms with Gasteiger partial charge in [0.25, 0.3) is 0 Å². The molecule has 41 heavy (non-hydrogen) atoms. The standard InChI is InChI=1S/C36H22N4O/c1-3-9-23(10-4-1)24-15-17-26(18-16-24)35-38-34(25-11-5-2-6-12-25)39-36(40-35)33-32-29-21-27-13-7-8-14-28(27)22-31(29)41-30(32)19-20-37-33/h1-22H. The number of furan rings is 1. The van der Waals surface area contributed by atoms with Crippen molar-refractivity contribution in [1.82, 2.24) is 19.9 Å². The Morgan fingerprint density at radius 1 is 0.439 bits per heavy atom. The highest BCUT2D eigenvalue weighted by Gasteiger charge is 2.19. The highest BCUT2D eigenvalue weighted by molar-refractivity contribution is 6.14. The Bertz CT molecular complexity index is 2190. The molecular weight excluding hydrogens is 504 g/mol. The summed E-state index contributed by atoms with van der Waals surface area (Å²) >= 11 is 0. The van der Waals surface area contributed by atoms with E-state index in [9.17, 15) is 0 Å². The van der Waals surface area contributed by atoms with E-state index in [-0.39, 0.29) is 0 Å². The molecule has 3 heterocycles. The first-order valence-corrected chi connectivity index (χ1v) is 13.5. The lowest BCUT2D eigenvalue weighted by atomic mass is 10.0. The molecule has 8 aromatic rings. The molecule has 5 nitrogen and oxygen atoms in total. The first-order chi connectivity index (χ1) is 20.3. The maximum absolute atomic E-state index is 6.30. The van der Waals surface area contributed by atoms with Crippen LogP contribution in [0, 0.1) is 0 Å². The van der Waals surface area contributed by atoms with Crippen LogP contribution in [0.3, 0.4) is 0 Å². The zero-order valence-electron chi connectivity index (χ0n) is 21.9. The van der Waals surface area contributed by atoms with Crippen molar-refractivity contribution in [3.8, 4) is 45.4 Å². The van der Waals surface area contributed by atoms with Crippen LogP contribution >= 0.6 is 0 Å². The predicted molar refractivity (Wildman–Crippen MR) is 164 cm³/mol. The SMILES string of the molecule is c1ccc(-c2ccc(-c3nc(-c4ccccc4)nc(-c4nccc5oc6cc7ccccc7cc6c45)n3)cc2)cc1. The maximum Gasteiger partial charge on any atom is 0.183 e. The summed E-state index contributed by atoms with van der Waals surface area (Å²) in [7, 11) is 0. The fraction of sp³-hybridized carbons (Fsp3) is 0. The number of nitrogens with zero attached hydrogens (tertiary/aromatic N) is 4. The zero-order valence-corrected chi connectivity index (χ0v) is 21.9. The van der Waals surface area contributed by atoms with Crippen molar-refractivity contribution in [2.45, 2.75) is 0 Å². The van der Waals surface area contributed by atoms with Crippen molar-refractivity contribution in [3.63, 3.8) is 0 Å². The fourth-order valence-corrected chi connectivity index (χ4v) is 5.35. The van der Waals surface area contributed by atoms with E-state index in [0.29, 0.717) is 23.2 Å². The van der Waals surface area contributed by atoms with E-state index in [1.54, 1.807) is 6.20 Å². The van der Waals surface area contributed by atoms with Gasteiger partial charge in [0.2, 0.25) is 0 Å². The molecule has 0 bridgehead atoms. The largest absolute Gasteiger partial charge is 0.456 e. The quantitative estimate of drug-likeness (QED) is 0.229. The van der Waals surface area contributed by atoms with Crippen LogP contribution in [0.25, 0.3) is 78.1 Å². The van der Waals surface area contributed by atoms with Crippen molar-refractivity contribution in [2.75, 3.05) is 0 Å². The van der Waals surface area contributed by atoms with E-state index in [4.69, 9.17) is 24.4 Å². The molecule has 0 unspecified atom stereocenters. The third kappa shape index (κ3) is 4.12. The number of benzene rings is 5. The Hall–Kier alpha value is -5.68. The highest BCUT2D eigenvalue weighted by Crippen LogP contribution is 2.37. The molecule has 0 aliphatic carbocycles. The lowest BCUT2D eigenvalue weighted by Crippen LogP contribution is -2.01. The van der Waals surface area contributed by atoms with E-state index in [0.717, 1.165) is 55.0 Å². The van der Waals surface area contributed by atoms with Crippen molar-refractivity contribution < 1.29 is 4.42 Å². The van der Waals surface area contributed by atoms with Gasteiger partial charge in [-0.15, -0.1) is 0 Å². The van der Waals surface area contributed by atoms with Gasteiger partial charge in [0.1, 0.15) is 16.9 Å². The molecule has 0 aliphatic heterocycles. The summed E-state index contributed by atoms with van der Waals surface area (Å²) in [5.74, 6) is 1.68. The highest BCUT2D eigenvalue weighted by atomic mass is 16.3. The first kappa shape index (κ1) is 23.2. The molecule has 3 aromatic heterocycles. The molecule has 192 valence electrons. The summed E-state index contributed by atoms with van der Waals surface area (Å²) in [5.41, 5.74) is 6.33. The van der Waals surface area contributed by atoms with Crippen LogP contribution < -0.4 is 0 Å². The van der Waals surface area contributed by atoms with Gasteiger partial charge < -0.3 is 4.42 Å². The minimum absolute atomic E-state index is 0.502. The number of hydrogen-bond acceptors (Lipinski definition) is 5. The van der Waals surface area contributed by atoms with Gasteiger partial charge in [-0.3, -0.25) is 4.98 Å². The summed E-state index contributed by atoms with van der Waals surface area (Å²) in [6, 6.07) is 43.0. The second-order valence-corrected chi connectivity index (χ2v) is 9.95. The molecule has 0 amide bonds. The van der Waals surface area contributed by atoms with Gasteiger partial charge in [-0.05, 0) is 40.1 Å². The Morgan fingerprint density at radius 2 is 0.976 bits per heavy atom. The second kappa shape index (κ2) is 9.50. The molecule has 0 N–H and O–H groups in total. The van der Waals surface area contributed by atoms with Crippen LogP contribution in [0.4, 0.5) is 0 Å². The number of aromatic nitrogens is 4. The molecule has 0 saturated carbocycles. The van der Waals surface area contributed by atoms with Crippen LogP contribution in [-0.4, -0.2) is 19.9 Å². The third-order valence-corrected chi connectivity index (χ3v) is 7.38. The summed E-state index contributed by atoms with van der Waals surface area (Å²) in [6.07, 6.45) is 1.75. The molecule has 5 heteroatoms. The monoisotopic (exact) mass is 526 g/mol. The van der Waals surface area contributed by atoms with Crippen LogP contribution in [0.5, 0.6) is 0 Å². The Morgan fingerprint density at radius 3 is 1.68 bits per heavy atom. The summed E-state index contributed by atoms with van der Waals surface area (Å²) < 4.78 is 6.30. The number of fused-ring (bicyclic) bond motifs is 4. The third-order valence-electron chi connectivity index (χ3n) is 7.38. The summed E-state index contributed by atoms with van der Waals surface area (Å²) in [6.45, 7) is 0. The number of pyridine rings is 1. The number of rotatable bonds is 4. The molecule has 0 spiro atoms. The molecule has 5 aromatic carbocycles. The van der Waals surface area contributed by atoms with E-state index in [2.05, 4.69) is 60.7 Å². The minimum Gasteiger partial charge on any atom is -0.456 e. The predicted octanol–water partition coefficient (Wildman–Crippen LogP) is 8.99. The summed E-state index contributed by atoms with van der Waals surface area (Å²) in [4.78, 5) is 19.6. The van der Waals surface area contributed by atoms with Crippen LogP contribution in [0.2, 0.25) is 0 Å². The van der Waals surface area contributed by atoms with Gasteiger partial charge in [-0.25, -0.2) is 15.0 Å². The van der Waals surface area contributed by atoms with E-state index >= 15 is 0 Å². The molecule has 0 saturated heterocycles. The lowest BCUT2D eigenvalue weighted by Gasteiger charge is -2.09. The molecule has 0 radical (unpaired) electrons. The molecular formula is C36H22N4O. The first-order valence-electron chi connectivity index (χ1n) is 13.5. The van der Waals surface area contributed by atoms with E-state index in [1.807, 2.05) is 66.7 Å². The minimum atomic E-state index is 0.502. The van der Waals surface area contributed by atoms with Gasteiger partial charge in [0.05, 0.1) is 5.39 Å². The Labute approximate surface area is 235 Å². The Balaban J connectivity index is 1.34. The normalized spacial score (nSPS) is 11.4. The molecule has 8 rings (SSSR count). The van der Waals surface area contributed by atoms with Gasteiger partial charge >= 0.3 is 0 Å². The fourth-order valence-electron chi connectivity index (χ4n) is 5.35. The maximum atomic E-state index is 6.30. The smallest absolute Gasteiger partial charge is 0.183 e. The number of hydrogen-bond donors (Lipinski definition) is 0. The molecule has 0 aliphatic rings. The van der Waals surface area contributed by atoms with Crippen LogP contribution in [0.15, 0.2) is 138 Å². The van der Waals surface area contributed by atoms with E-state index in [1.165, 1.54) is 0 Å². The van der Waals surface area contributed by atoms with E-state index < -0.39 is 0 Å². The van der Waals surface area contributed by atoms with Crippen molar-refractivity contribution in [1.29, 1.82) is 0 Å². The van der Waals surface area contributed by atoms with Crippen LogP contribution in [-0.2, 0) is 0 Å². The average molecular weight is 527 g/mol. The van der Waals surface area contributed by atoms with Crippen molar-refractivity contribution >= 4 is 32.7 Å². The van der Waals surface area contributed by atoms with Gasteiger partial charge in [-0.2, -0.15) is 0 Å². The molecule has 0 fully saturated rings. The second-order valence-electron chi connectivity index (χ2n) is 9.95.